The van der Waals surface area contributed by atoms with Gasteiger partial charge in [0.15, 0.2) is 0 Å². The summed E-state index contributed by atoms with van der Waals surface area (Å²) in [6.45, 7) is 6.59. The molecule has 3 atom stereocenters. The predicted octanol–water partition coefficient (Wildman–Crippen LogP) is 3.15. The highest BCUT2D eigenvalue weighted by molar-refractivity contribution is 4.98. The number of nitrogens with one attached hydrogen (secondary N) is 1. The average Bonchev–Trinajstić information content (AvgIpc) is 2.77. The summed E-state index contributed by atoms with van der Waals surface area (Å²) in [6.07, 6.45) is 6.87. The Morgan fingerprint density at radius 3 is 2.67 bits per heavy atom. The van der Waals surface area contributed by atoms with Crippen LogP contribution in [-0.2, 0) is 11.2 Å². The van der Waals surface area contributed by atoms with Crippen molar-refractivity contribution in [2.24, 2.45) is 0 Å². The monoisotopic (exact) mass is 251 g/mol. The van der Waals surface area contributed by atoms with E-state index in [1.165, 1.54) is 0 Å². The third kappa shape index (κ3) is 4.14. The van der Waals surface area contributed by atoms with Crippen molar-refractivity contribution < 1.29 is 9.15 Å². The van der Waals surface area contributed by atoms with Crippen LogP contribution in [0.5, 0.6) is 0 Å². The average molecular weight is 251 g/mol. The van der Waals surface area contributed by atoms with Crippen LogP contribution in [0, 0.1) is 0 Å². The third-order valence-corrected chi connectivity index (χ3v) is 3.62. The molecule has 1 aromatic rings. The highest BCUT2D eigenvalue weighted by atomic mass is 16.5. The molecule has 0 bridgehead atoms. The fourth-order valence-corrected chi connectivity index (χ4v) is 2.84. The number of ether oxygens (including phenoxy) is 1. The largest absolute Gasteiger partial charge is 0.469 e. The van der Waals surface area contributed by atoms with Crippen molar-refractivity contribution in [2.75, 3.05) is 0 Å². The number of hydrogen-bond acceptors (Lipinski definition) is 3. The maximum atomic E-state index is 5.76. The van der Waals surface area contributed by atoms with Crippen LogP contribution in [0.3, 0.4) is 0 Å². The van der Waals surface area contributed by atoms with E-state index in [0.29, 0.717) is 24.3 Å². The summed E-state index contributed by atoms with van der Waals surface area (Å²) < 4.78 is 11.1. The molecule has 1 N–H and O–H groups in total. The molecule has 2 heterocycles. The van der Waals surface area contributed by atoms with Gasteiger partial charge in [0, 0.05) is 18.5 Å². The van der Waals surface area contributed by atoms with E-state index in [2.05, 4.69) is 26.1 Å². The Morgan fingerprint density at radius 2 is 2.06 bits per heavy atom. The molecule has 0 saturated carbocycles. The van der Waals surface area contributed by atoms with E-state index in [1.807, 2.05) is 12.1 Å². The van der Waals surface area contributed by atoms with Crippen LogP contribution in [0.25, 0.3) is 0 Å². The molecule has 3 nitrogen and oxygen atoms in total. The van der Waals surface area contributed by atoms with Gasteiger partial charge in [-0.15, -0.1) is 0 Å². The highest BCUT2D eigenvalue weighted by Crippen LogP contribution is 2.20. The van der Waals surface area contributed by atoms with Crippen LogP contribution in [0.2, 0.25) is 0 Å². The molecule has 1 fully saturated rings. The standard InChI is InChI=1S/C15H25NO2/c1-11(6-7-15-5-4-8-17-15)16-14-9-12(2)18-13(3)10-14/h4-5,8,11-14,16H,6-7,9-10H2,1-3H3. The van der Waals surface area contributed by atoms with Crippen molar-refractivity contribution >= 4 is 0 Å². The van der Waals surface area contributed by atoms with Gasteiger partial charge in [-0.25, -0.2) is 0 Å². The lowest BCUT2D eigenvalue weighted by molar-refractivity contribution is -0.0434. The van der Waals surface area contributed by atoms with E-state index in [1.54, 1.807) is 6.26 Å². The molecule has 102 valence electrons. The molecule has 1 saturated heterocycles. The number of hydrogen-bond donors (Lipinski definition) is 1. The molecule has 3 unspecified atom stereocenters. The number of aryl methyl sites for hydroxylation is 1. The molecule has 3 heteroatoms. The molecule has 1 aromatic heterocycles. The Bertz CT molecular complexity index is 326. The molecular weight excluding hydrogens is 226 g/mol. The van der Waals surface area contributed by atoms with Gasteiger partial charge in [0.05, 0.1) is 18.5 Å². The molecule has 1 aliphatic heterocycles. The summed E-state index contributed by atoms with van der Waals surface area (Å²) in [7, 11) is 0. The van der Waals surface area contributed by atoms with Crippen molar-refractivity contribution in [3.8, 4) is 0 Å². The molecule has 0 radical (unpaired) electrons. The maximum absolute atomic E-state index is 5.76. The second-order valence-electron chi connectivity index (χ2n) is 5.61. The lowest BCUT2D eigenvalue weighted by Gasteiger charge is -2.34. The van der Waals surface area contributed by atoms with Gasteiger partial charge in [0.2, 0.25) is 0 Å². The molecule has 0 aromatic carbocycles. The molecule has 2 rings (SSSR count). The van der Waals surface area contributed by atoms with Gasteiger partial charge >= 0.3 is 0 Å². The van der Waals surface area contributed by atoms with Crippen LogP contribution in [-0.4, -0.2) is 24.3 Å². The molecule has 0 aliphatic carbocycles. The van der Waals surface area contributed by atoms with Gasteiger partial charge in [-0.05, 0) is 52.2 Å². The number of rotatable bonds is 5. The van der Waals surface area contributed by atoms with Crippen LogP contribution < -0.4 is 5.32 Å². The highest BCUT2D eigenvalue weighted by Gasteiger charge is 2.25. The Hall–Kier alpha value is -0.800. The van der Waals surface area contributed by atoms with Crippen molar-refractivity contribution in [1.29, 1.82) is 0 Å². The van der Waals surface area contributed by atoms with Crippen LogP contribution in [0.1, 0.15) is 45.8 Å². The quantitative estimate of drug-likeness (QED) is 0.873. The maximum Gasteiger partial charge on any atom is 0.103 e. The minimum absolute atomic E-state index is 0.378. The first-order valence-electron chi connectivity index (χ1n) is 7.07. The normalized spacial score (nSPS) is 30.3. The van der Waals surface area contributed by atoms with Gasteiger partial charge in [-0.1, -0.05) is 0 Å². The Labute approximate surface area is 110 Å². The summed E-state index contributed by atoms with van der Waals surface area (Å²) in [4.78, 5) is 0. The Balaban J connectivity index is 1.71. The summed E-state index contributed by atoms with van der Waals surface area (Å²) in [6, 6.07) is 5.12. The van der Waals surface area contributed by atoms with Crippen molar-refractivity contribution in [3.05, 3.63) is 24.2 Å². The lowest BCUT2D eigenvalue weighted by Crippen LogP contribution is -2.44. The summed E-state index contributed by atoms with van der Waals surface area (Å²) in [5, 5.41) is 3.72. The lowest BCUT2D eigenvalue weighted by atomic mass is 9.98. The van der Waals surface area contributed by atoms with Crippen molar-refractivity contribution in [1.82, 2.24) is 5.32 Å². The number of furan rings is 1. The first kappa shape index (κ1) is 13.6. The third-order valence-electron chi connectivity index (χ3n) is 3.62. The first-order chi connectivity index (χ1) is 8.63. The Kier molecular flexibility index (Phi) is 4.84. The van der Waals surface area contributed by atoms with Crippen LogP contribution in [0.15, 0.2) is 22.8 Å². The molecule has 1 aliphatic rings. The summed E-state index contributed by atoms with van der Waals surface area (Å²) in [5.74, 6) is 1.08. The van der Waals surface area contributed by atoms with Crippen molar-refractivity contribution in [2.45, 2.75) is 70.7 Å². The smallest absolute Gasteiger partial charge is 0.103 e. The van der Waals surface area contributed by atoms with Crippen LogP contribution in [0.4, 0.5) is 0 Å². The SMILES string of the molecule is CC(CCc1ccco1)NC1CC(C)OC(C)C1. The first-order valence-corrected chi connectivity index (χ1v) is 7.07. The fourth-order valence-electron chi connectivity index (χ4n) is 2.84. The van der Waals surface area contributed by atoms with Gasteiger partial charge in [-0.3, -0.25) is 0 Å². The van der Waals surface area contributed by atoms with E-state index in [4.69, 9.17) is 9.15 Å². The van der Waals surface area contributed by atoms with Crippen molar-refractivity contribution in [3.63, 3.8) is 0 Å². The summed E-state index contributed by atoms with van der Waals surface area (Å²) in [5.41, 5.74) is 0. The molecule has 18 heavy (non-hydrogen) atoms. The van der Waals surface area contributed by atoms with Gasteiger partial charge < -0.3 is 14.5 Å². The molecule has 0 spiro atoms. The topological polar surface area (TPSA) is 34.4 Å². The Morgan fingerprint density at radius 1 is 1.33 bits per heavy atom. The van der Waals surface area contributed by atoms with Crippen LogP contribution >= 0.6 is 0 Å². The zero-order valence-corrected chi connectivity index (χ0v) is 11.7. The van der Waals surface area contributed by atoms with E-state index >= 15 is 0 Å². The zero-order valence-electron chi connectivity index (χ0n) is 11.7. The van der Waals surface area contributed by atoms with Gasteiger partial charge in [0.25, 0.3) is 0 Å². The zero-order chi connectivity index (χ0) is 13.0. The van der Waals surface area contributed by atoms with E-state index in [-0.39, 0.29) is 0 Å². The van der Waals surface area contributed by atoms with E-state index in [9.17, 15) is 0 Å². The minimum atomic E-state index is 0.378. The predicted molar refractivity (Wildman–Crippen MR) is 72.7 cm³/mol. The fraction of sp³-hybridized carbons (Fsp3) is 0.733. The molecular formula is C15H25NO2. The van der Waals surface area contributed by atoms with E-state index < -0.39 is 0 Å². The second-order valence-corrected chi connectivity index (χ2v) is 5.61. The van der Waals surface area contributed by atoms with Gasteiger partial charge in [-0.2, -0.15) is 0 Å². The minimum Gasteiger partial charge on any atom is -0.469 e. The summed E-state index contributed by atoms with van der Waals surface area (Å²) >= 11 is 0. The second kappa shape index (κ2) is 6.39. The van der Waals surface area contributed by atoms with E-state index in [0.717, 1.165) is 31.4 Å². The van der Waals surface area contributed by atoms with Gasteiger partial charge in [0.1, 0.15) is 5.76 Å². The molecule has 0 amide bonds.